The van der Waals surface area contributed by atoms with Gasteiger partial charge in [0.2, 0.25) is 0 Å². The van der Waals surface area contributed by atoms with E-state index in [9.17, 15) is 19.7 Å². The minimum atomic E-state index is -0.606. The number of non-ortho nitro benzene ring substituents is 1. The summed E-state index contributed by atoms with van der Waals surface area (Å²) in [6, 6.07) is 2.11. The van der Waals surface area contributed by atoms with E-state index in [2.05, 4.69) is 5.32 Å². The van der Waals surface area contributed by atoms with E-state index in [1.165, 1.54) is 22.2 Å². The van der Waals surface area contributed by atoms with Crippen LogP contribution in [0.15, 0.2) is 21.7 Å². The normalized spacial score (nSPS) is 15.2. The zero-order valence-electron chi connectivity index (χ0n) is 12.8. The second-order valence-corrected chi connectivity index (χ2v) is 5.99. The van der Waals surface area contributed by atoms with Crippen molar-refractivity contribution in [3.8, 4) is 0 Å². The van der Waals surface area contributed by atoms with Crippen molar-refractivity contribution in [2.75, 3.05) is 13.1 Å². The molecule has 130 valence electrons. The Labute approximate surface area is 151 Å². The maximum atomic E-state index is 12.8. The van der Waals surface area contributed by atoms with Crippen molar-refractivity contribution in [3.63, 3.8) is 0 Å². The highest BCUT2D eigenvalue weighted by atomic mass is 79.9. The molecule has 1 N–H and O–H groups in total. The number of aryl methyl sites for hydroxylation is 1. The number of rotatable bonds is 2. The van der Waals surface area contributed by atoms with Crippen LogP contribution in [0, 0.1) is 10.1 Å². The lowest BCUT2D eigenvalue weighted by molar-refractivity contribution is -0.384. The molecule has 2 heterocycles. The highest BCUT2D eigenvalue weighted by molar-refractivity contribution is 8.93. The maximum absolute atomic E-state index is 12.8. The summed E-state index contributed by atoms with van der Waals surface area (Å²) in [6.45, 7) is 1.43. The van der Waals surface area contributed by atoms with Gasteiger partial charge in [0, 0.05) is 25.2 Å². The molecule has 0 unspecified atom stereocenters. The number of nitrogens with zero attached hydrogens (tertiary/aromatic N) is 3. The van der Waals surface area contributed by atoms with E-state index >= 15 is 0 Å². The number of nitro groups is 1. The van der Waals surface area contributed by atoms with Crippen LogP contribution >= 0.6 is 28.6 Å². The smallest absolute Gasteiger partial charge is 0.317 e. The molecule has 0 radical (unpaired) electrons. The van der Waals surface area contributed by atoms with Crippen LogP contribution in [0.5, 0.6) is 0 Å². The Morgan fingerprint density at radius 2 is 1.92 bits per heavy atom. The first-order valence-electron chi connectivity index (χ1n) is 7.21. The summed E-state index contributed by atoms with van der Waals surface area (Å²) in [7, 11) is 1.51. The average Bonchev–Trinajstić information content (AvgIpc) is 2.53. The lowest BCUT2D eigenvalue weighted by atomic mass is 10.1. The summed E-state index contributed by atoms with van der Waals surface area (Å²) in [5.41, 5.74) is -1.03. The molecule has 0 amide bonds. The van der Waals surface area contributed by atoms with Crippen LogP contribution in [0.3, 0.4) is 0 Å². The molecular formula is C14H16BrClN4O4. The summed E-state index contributed by atoms with van der Waals surface area (Å²) in [5.74, 6) is 0. The van der Waals surface area contributed by atoms with Gasteiger partial charge in [0.05, 0.1) is 20.8 Å². The molecule has 24 heavy (non-hydrogen) atoms. The van der Waals surface area contributed by atoms with Crippen LogP contribution in [0.4, 0.5) is 5.69 Å². The van der Waals surface area contributed by atoms with Crippen LogP contribution < -0.4 is 16.6 Å². The number of hydrogen-bond acceptors (Lipinski definition) is 5. The number of nitrogens with one attached hydrogen (secondary N) is 1. The van der Waals surface area contributed by atoms with Gasteiger partial charge in [-0.3, -0.25) is 24.0 Å². The van der Waals surface area contributed by atoms with Gasteiger partial charge in [-0.2, -0.15) is 0 Å². The number of aromatic nitrogens is 2. The van der Waals surface area contributed by atoms with Crippen LogP contribution in [0.2, 0.25) is 5.02 Å². The summed E-state index contributed by atoms with van der Waals surface area (Å²) in [4.78, 5) is 35.8. The first kappa shape index (κ1) is 18.6. The first-order chi connectivity index (χ1) is 10.9. The third-order valence-corrected chi connectivity index (χ3v) is 4.50. The zero-order valence-corrected chi connectivity index (χ0v) is 15.3. The Balaban J connectivity index is 0.00000208. The number of benzene rings is 1. The van der Waals surface area contributed by atoms with E-state index in [0.29, 0.717) is 25.9 Å². The number of hydrogen-bond donors (Lipinski definition) is 1. The summed E-state index contributed by atoms with van der Waals surface area (Å²) >= 11 is 6.07. The number of halogens is 2. The minimum absolute atomic E-state index is 0. The summed E-state index contributed by atoms with van der Waals surface area (Å²) < 4.78 is 2.48. The molecule has 8 nitrogen and oxygen atoms in total. The predicted molar refractivity (Wildman–Crippen MR) is 96.6 cm³/mol. The largest absolute Gasteiger partial charge is 0.331 e. The summed E-state index contributed by atoms with van der Waals surface area (Å²) in [6.07, 6.45) is 1.31. The topological polar surface area (TPSA) is 99.2 Å². The van der Waals surface area contributed by atoms with Crippen LogP contribution in [-0.2, 0) is 7.05 Å². The molecule has 0 atom stereocenters. The van der Waals surface area contributed by atoms with Gasteiger partial charge in [0.25, 0.3) is 11.2 Å². The van der Waals surface area contributed by atoms with E-state index in [0.717, 1.165) is 6.07 Å². The minimum Gasteiger partial charge on any atom is -0.317 e. The van der Waals surface area contributed by atoms with Gasteiger partial charge in [0.1, 0.15) is 0 Å². The zero-order chi connectivity index (χ0) is 16.7. The molecule has 10 heteroatoms. The standard InChI is InChI=1S/C14H15ClN4O4.BrH/c1-17-12-10(6-9(19(22)23)7-11(12)15)13(20)18(14(17)21)8-2-4-16-5-3-8;/h6-8,16H,2-5H2,1H3;1H. The summed E-state index contributed by atoms with van der Waals surface area (Å²) in [5, 5.41) is 14.3. The quantitative estimate of drug-likeness (QED) is 0.591. The molecule has 0 saturated carbocycles. The highest BCUT2D eigenvalue weighted by Gasteiger charge is 2.23. The maximum Gasteiger partial charge on any atom is 0.331 e. The van der Waals surface area contributed by atoms with Crippen molar-refractivity contribution in [1.29, 1.82) is 0 Å². The monoisotopic (exact) mass is 418 g/mol. The van der Waals surface area contributed by atoms with Crippen LogP contribution in [0.25, 0.3) is 10.9 Å². The molecule has 1 fully saturated rings. The first-order valence-corrected chi connectivity index (χ1v) is 7.59. The Morgan fingerprint density at radius 3 is 2.50 bits per heavy atom. The van der Waals surface area contributed by atoms with Gasteiger partial charge in [-0.1, -0.05) is 11.6 Å². The Hall–Kier alpha value is -1.71. The molecule has 3 rings (SSSR count). The lowest BCUT2D eigenvalue weighted by Crippen LogP contribution is -2.44. The highest BCUT2D eigenvalue weighted by Crippen LogP contribution is 2.27. The number of piperidine rings is 1. The van der Waals surface area contributed by atoms with Crippen molar-refractivity contribution in [2.45, 2.75) is 18.9 Å². The molecule has 1 saturated heterocycles. The Morgan fingerprint density at radius 1 is 1.29 bits per heavy atom. The van der Waals surface area contributed by atoms with Gasteiger partial charge in [0.15, 0.2) is 0 Å². The van der Waals surface area contributed by atoms with Gasteiger partial charge in [-0.15, -0.1) is 17.0 Å². The molecule has 1 aliphatic heterocycles. The molecule has 1 aromatic carbocycles. The predicted octanol–water partition coefficient (Wildman–Crippen LogP) is 1.76. The van der Waals surface area contributed by atoms with Gasteiger partial charge in [-0.25, -0.2) is 4.79 Å². The van der Waals surface area contributed by atoms with E-state index in [1.807, 2.05) is 0 Å². The Bertz CT molecular complexity index is 918. The molecule has 1 aliphatic rings. The van der Waals surface area contributed by atoms with Gasteiger partial charge in [-0.05, 0) is 25.9 Å². The fourth-order valence-corrected chi connectivity index (χ4v) is 3.40. The number of fused-ring (bicyclic) bond motifs is 1. The lowest BCUT2D eigenvalue weighted by Gasteiger charge is -2.25. The van der Waals surface area contributed by atoms with Crippen molar-refractivity contribution >= 4 is 45.2 Å². The van der Waals surface area contributed by atoms with Gasteiger partial charge < -0.3 is 5.32 Å². The Kier molecular flexibility index (Phi) is 5.46. The molecule has 0 spiro atoms. The average molecular weight is 420 g/mol. The second kappa shape index (κ2) is 7.04. The fourth-order valence-electron chi connectivity index (χ4n) is 3.05. The van der Waals surface area contributed by atoms with Crippen molar-refractivity contribution in [1.82, 2.24) is 14.5 Å². The molecule has 0 aliphatic carbocycles. The SMILES string of the molecule is Br.Cn1c(=O)n(C2CCNCC2)c(=O)c2cc([N+](=O)[O-])cc(Cl)c21. The second-order valence-electron chi connectivity index (χ2n) is 5.58. The molecule has 1 aromatic heterocycles. The van der Waals surface area contributed by atoms with Crippen molar-refractivity contribution in [3.05, 3.63) is 48.1 Å². The van der Waals surface area contributed by atoms with E-state index in [1.54, 1.807) is 0 Å². The van der Waals surface area contributed by atoms with E-state index < -0.39 is 16.2 Å². The van der Waals surface area contributed by atoms with Crippen molar-refractivity contribution < 1.29 is 4.92 Å². The fraction of sp³-hybridized carbons (Fsp3) is 0.429. The molecular weight excluding hydrogens is 404 g/mol. The number of nitro benzene ring substituents is 1. The molecule has 2 aromatic rings. The van der Waals surface area contributed by atoms with Crippen LogP contribution in [-0.4, -0.2) is 27.1 Å². The molecule has 0 bridgehead atoms. The van der Waals surface area contributed by atoms with Crippen LogP contribution in [0.1, 0.15) is 18.9 Å². The third kappa shape index (κ3) is 2.99. The third-order valence-electron chi connectivity index (χ3n) is 4.21. The van der Waals surface area contributed by atoms with Gasteiger partial charge >= 0.3 is 5.69 Å². The van der Waals surface area contributed by atoms with Crippen molar-refractivity contribution in [2.24, 2.45) is 7.05 Å². The van der Waals surface area contributed by atoms with E-state index in [-0.39, 0.29) is 44.6 Å². The van der Waals surface area contributed by atoms with E-state index in [4.69, 9.17) is 11.6 Å².